The maximum atomic E-state index is 12.1. The minimum Gasteiger partial charge on any atom is -0.467 e. The lowest BCUT2D eigenvalue weighted by Gasteiger charge is -2.24. The van der Waals surface area contributed by atoms with Crippen molar-refractivity contribution in [1.82, 2.24) is 10.2 Å². The Hall–Kier alpha value is -1.29. The zero-order valence-corrected chi connectivity index (χ0v) is 9.77. The monoisotopic (exact) mass is 222 g/mol. The summed E-state index contributed by atoms with van der Waals surface area (Å²) in [6, 6.07) is 4.04. The van der Waals surface area contributed by atoms with Crippen LogP contribution in [0, 0.1) is 0 Å². The summed E-state index contributed by atoms with van der Waals surface area (Å²) in [7, 11) is 1.81. The van der Waals surface area contributed by atoms with Crippen LogP contribution in [0.5, 0.6) is 0 Å². The molecule has 0 aliphatic heterocycles. The van der Waals surface area contributed by atoms with Gasteiger partial charge in [0, 0.05) is 6.04 Å². The summed E-state index contributed by atoms with van der Waals surface area (Å²) in [6.07, 6.45) is 3.87. The standard InChI is InChI=1S/C12H18N2O2/c1-9(13-2)12(15)14(10-5-6-10)8-11-4-3-7-16-11/h3-4,7,9-10,13H,5-6,8H2,1-2H3. The molecule has 1 aromatic rings. The molecule has 1 aromatic heterocycles. The fraction of sp³-hybridized carbons (Fsp3) is 0.583. The summed E-state index contributed by atoms with van der Waals surface area (Å²) in [4.78, 5) is 14.0. The Labute approximate surface area is 95.6 Å². The number of carbonyl (C=O) groups is 1. The van der Waals surface area contributed by atoms with Gasteiger partial charge >= 0.3 is 0 Å². The van der Waals surface area contributed by atoms with Gasteiger partial charge in [0.2, 0.25) is 5.91 Å². The van der Waals surface area contributed by atoms with Gasteiger partial charge in [-0.15, -0.1) is 0 Å². The third-order valence-corrected chi connectivity index (χ3v) is 2.98. The fourth-order valence-electron chi connectivity index (χ4n) is 1.72. The summed E-state index contributed by atoms with van der Waals surface area (Å²) in [6.45, 7) is 2.47. The zero-order valence-electron chi connectivity index (χ0n) is 9.77. The number of rotatable bonds is 5. The first-order valence-electron chi connectivity index (χ1n) is 5.72. The summed E-state index contributed by atoms with van der Waals surface area (Å²) in [5, 5.41) is 2.99. The summed E-state index contributed by atoms with van der Waals surface area (Å²) in [5.41, 5.74) is 0. The van der Waals surface area contributed by atoms with E-state index in [1.807, 2.05) is 24.0 Å². The molecule has 1 amide bonds. The molecule has 4 heteroatoms. The predicted molar refractivity (Wildman–Crippen MR) is 60.8 cm³/mol. The Morgan fingerprint density at radius 2 is 2.44 bits per heavy atom. The first-order chi connectivity index (χ1) is 7.72. The van der Waals surface area contributed by atoms with Gasteiger partial charge in [0.15, 0.2) is 0 Å². The summed E-state index contributed by atoms with van der Waals surface area (Å²) in [5.74, 6) is 1.00. The van der Waals surface area contributed by atoms with Crippen molar-refractivity contribution in [3.63, 3.8) is 0 Å². The number of carbonyl (C=O) groups excluding carboxylic acids is 1. The van der Waals surface area contributed by atoms with Gasteiger partial charge in [-0.3, -0.25) is 4.79 Å². The van der Waals surface area contributed by atoms with Crippen LogP contribution in [0.1, 0.15) is 25.5 Å². The van der Waals surface area contributed by atoms with Crippen LogP contribution in [0.2, 0.25) is 0 Å². The van der Waals surface area contributed by atoms with Crippen LogP contribution in [0.3, 0.4) is 0 Å². The third-order valence-electron chi connectivity index (χ3n) is 2.98. The van der Waals surface area contributed by atoms with Gasteiger partial charge in [0.1, 0.15) is 5.76 Å². The van der Waals surface area contributed by atoms with E-state index in [0.29, 0.717) is 12.6 Å². The average Bonchev–Trinajstić information content (AvgIpc) is 3.01. The van der Waals surface area contributed by atoms with Gasteiger partial charge < -0.3 is 14.6 Å². The van der Waals surface area contributed by atoms with Crippen molar-refractivity contribution in [2.75, 3.05) is 7.05 Å². The molecule has 88 valence electrons. The molecular formula is C12H18N2O2. The van der Waals surface area contributed by atoms with E-state index >= 15 is 0 Å². The third kappa shape index (κ3) is 2.44. The molecule has 1 heterocycles. The molecule has 0 saturated heterocycles. The van der Waals surface area contributed by atoms with Crippen molar-refractivity contribution in [3.05, 3.63) is 24.2 Å². The van der Waals surface area contributed by atoms with Crippen LogP contribution in [0.15, 0.2) is 22.8 Å². The van der Waals surface area contributed by atoms with Gasteiger partial charge in [0.25, 0.3) is 0 Å². The zero-order chi connectivity index (χ0) is 11.5. The minimum absolute atomic E-state index is 0.129. The van der Waals surface area contributed by atoms with E-state index in [1.54, 1.807) is 13.3 Å². The molecule has 2 rings (SSSR count). The molecule has 1 aliphatic rings. The smallest absolute Gasteiger partial charge is 0.240 e. The predicted octanol–water partition coefficient (Wildman–Crippen LogP) is 1.38. The molecule has 0 spiro atoms. The lowest BCUT2D eigenvalue weighted by Crippen LogP contribution is -2.44. The van der Waals surface area contributed by atoms with Crippen LogP contribution in [0.4, 0.5) is 0 Å². The number of likely N-dealkylation sites (N-methyl/N-ethyl adjacent to an activating group) is 1. The Bertz CT molecular complexity index is 344. The van der Waals surface area contributed by atoms with E-state index in [4.69, 9.17) is 4.42 Å². The highest BCUT2D eigenvalue weighted by Crippen LogP contribution is 2.29. The molecule has 16 heavy (non-hydrogen) atoms. The molecule has 1 fully saturated rings. The van der Waals surface area contributed by atoms with Gasteiger partial charge in [-0.1, -0.05) is 0 Å². The number of nitrogens with zero attached hydrogens (tertiary/aromatic N) is 1. The van der Waals surface area contributed by atoms with E-state index in [1.165, 1.54) is 0 Å². The van der Waals surface area contributed by atoms with Crippen molar-refractivity contribution in [3.8, 4) is 0 Å². The highest BCUT2D eigenvalue weighted by molar-refractivity contribution is 5.82. The highest BCUT2D eigenvalue weighted by atomic mass is 16.3. The number of amides is 1. The molecule has 1 unspecified atom stereocenters. The molecular weight excluding hydrogens is 204 g/mol. The lowest BCUT2D eigenvalue weighted by atomic mass is 10.2. The van der Waals surface area contributed by atoms with Gasteiger partial charge in [-0.25, -0.2) is 0 Å². The van der Waals surface area contributed by atoms with Crippen molar-refractivity contribution in [2.24, 2.45) is 0 Å². The van der Waals surface area contributed by atoms with Gasteiger partial charge in [-0.05, 0) is 38.9 Å². The van der Waals surface area contributed by atoms with E-state index in [-0.39, 0.29) is 11.9 Å². The van der Waals surface area contributed by atoms with Gasteiger partial charge in [0.05, 0.1) is 18.8 Å². The number of hydrogen-bond acceptors (Lipinski definition) is 3. The molecule has 0 bridgehead atoms. The van der Waals surface area contributed by atoms with Crippen molar-refractivity contribution >= 4 is 5.91 Å². The summed E-state index contributed by atoms with van der Waals surface area (Å²) >= 11 is 0. The lowest BCUT2D eigenvalue weighted by molar-refractivity contribution is -0.134. The van der Waals surface area contributed by atoms with E-state index in [0.717, 1.165) is 18.6 Å². The van der Waals surface area contributed by atoms with Crippen LogP contribution in [-0.4, -0.2) is 29.9 Å². The molecule has 4 nitrogen and oxygen atoms in total. The van der Waals surface area contributed by atoms with Crippen LogP contribution < -0.4 is 5.32 Å². The molecule has 0 radical (unpaired) electrons. The fourth-order valence-corrected chi connectivity index (χ4v) is 1.72. The second-order valence-electron chi connectivity index (χ2n) is 4.29. The summed E-state index contributed by atoms with van der Waals surface area (Å²) < 4.78 is 5.29. The Kier molecular flexibility index (Phi) is 3.29. The maximum absolute atomic E-state index is 12.1. The SMILES string of the molecule is CNC(C)C(=O)N(Cc1ccco1)C1CC1. The highest BCUT2D eigenvalue weighted by Gasteiger charge is 2.34. The Morgan fingerprint density at radius 3 is 2.94 bits per heavy atom. The van der Waals surface area contributed by atoms with Crippen LogP contribution in [0.25, 0.3) is 0 Å². The topological polar surface area (TPSA) is 45.5 Å². The molecule has 1 saturated carbocycles. The van der Waals surface area contributed by atoms with Crippen LogP contribution in [-0.2, 0) is 11.3 Å². The number of nitrogens with one attached hydrogen (secondary N) is 1. The molecule has 1 atom stereocenters. The van der Waals surface area contributed by atoms with Crippen LogP contribution >= 0.6 is 0 Å². The van der Waals surface area contributed by atoms with Crippen molar-refractivity contribution in [2.45, 2.75) is 38.4 Å². The quantitative estimate of drug-likeness (QED) is 0.818. The Morgan fingerprint density at radius 1 is 1.69 bits per heavy atom. The van der Waals surface area contributed by atoms with Gasteiger partial charge in [-0.2, -0.15) is 0 Å². The number of furan rings is 1. The minimum atomic E-state index is -0.129. The normalized spacial score (nSPS) is 17.1. The van der Waals surface area contributed by atoms with E-state index in [2.05, 4.69) is 5.32 Å². The van der Waals surface area contributed by atoms with E-state index < -0.39 is 0 Å². The second kappa shape index (κ2) is 4.70. The molecule has 1 N–H and O–H groups in total. The first kappa shape index (κ1) is 11.2. The van der Waals surface area contributed by atoms with Crippen molar-refractivity contribution in [1.29, 1.82) is 0 Å². The van der Waals surface area contributed by atoms with E-state index in [9.17, 15) is 4.79 Å². The molecule has 1 aliphatic carbocycles. The maximum Gasteiger partial charge on any atom is 0.240 e. The average molecular weight is 222 g/mol. The van der Waals surface area contributed by atoms with Crippen molar-refractivity contribution < 1.29 is 9.21 Å². The second-order valence-corrected chi connectivity index (χ2v) is 4.29. The number of hydrogen-bond donors (Lipinski definition) is 1. The molecule has 0 aromatic carbocycles. The largest absolute Gasteiger partial charge is 0.467 e. The first-order valence-corrected chi connectivity index (χ1v) is 5.72. The Balaban J connectivity index is 2.02.